The summed E-state index contributed by atoms with van der Waals surface area (Å²) in [4.78, 5) is 8.62. The number of nitrogens with one attached hydrogen (secondary N) is 1. The Balaban J connectivity index is 1.87. The molecule has 0 saturated carbocycles. The molecular weight excluding hydrogens is 216 g/mol. The van der Waals surface area contributed by atoms with Crippen LogP contribution in [0.5, 0.6) is 0 Å². The van der Waals surface area contributed by atoms with Crippen LogP contribution < -0.4 is 11.1 Å². The first-order valence-corrected chi connectivity index (χ1v) is 5.47. The third-order valence-electron chi connectivity index (χ3n) is 2.49. The molecule has 0 bridgehead atoms. The minimum atomic E-state index is 0.677. The standard InChI is InChI=1S/C11H16N6/c1-8-9(2)16-11(6-14-8)13-3-4-17-7-10(12)5-15-17/h5-7H,3-4,12H2,1-2H3,(H,13,16). The fraction of sp³-hybridized carbons (Fsp3) is 0.364. The average Bonchev–Trinajstić information content (AvgIpc) is 2.70. The Morgan fingerprint density at radius 1 is 1.29 bits per heavy atom. The van der Waals surface area contributed by atoms with Crippen LogP contribution in [0.2, 0.25) is 0 Å². The van der Waals surface area contributed by atoms with Gasteiger partial charge >= 0.3 is 0 Å². The molecule has 2 aromatic rings. The summed E-state index contributed by atoms with van der Waals surface area (Å²) in [7, 11) is 0. The van der Waals surface area contributed by atoms with Crippen LogP contribution in [0.1, 0.15) is 11.4 Å². The number of nitrogen functional groups attached to an aromatic ring is 1. The first-order chi connectivity index (χ1) is 8.15. The van der Waals surface area contributed by atoms with Gasteiger partial charge in [0.15, 0.2) is 0 Å². The summed E-state index contributed by atoms with van der Waals surface area (Å²) >= 11 is 0. The molecule has 17 heavy (non-hydrogen) atoms. The third-order valence-corrected chi connectivity index (χ3v) is 2.49. The zero-order valence-corrected chi connectivity index (χ0v) is 10.0. The van der Waals surface area contributed by atoms with E-state index in [0.717, 1.165) is 30.3 Å². The Hall–Kier alpha value is -2.11. The molecule has 0 atom stereocenters. The van der Waals surface area contributed by atoms with Gasteiger partial charge in [-0.05, 0) is 13.8 Å². The van der Waals surface area contributed by atoms with E-state index >= 15 is 0 Å². The van der Waals surface area contributed by atoms with Crippen molar-refractivity contribution in [3.05, 3.63) is 30.0 Å². The smallest absolute Gasteiger partial charge is 0.144 e. The molecule has 0 aliphatic heterocycles. The summed E-state index contributed by atoms with van der Waals surface area (Å²) in [6, 6.07) is 0. The first kappa shape index (κ1) is 11.4. The fourth-order valence-electron chi connectivity index (χ4n) is 1.43. The highest BCUT2D eigenvalue weighted by Gasteiger charge is 1.99. The molecule has 2 aromatic heterocycles. The van der Waals surface area contributed by atoms with Gasteiger partial charge in [-0.1, -0.05) is 0 Å². The largest absolute Gasteiger partial charge is 0.396 e. The van der Waals surface area contributed by atoms with Gasteiger partial charge in [-0.25, -0.2) is 4.98 Å². The van der Waals surface area contributed by atoms with Crippen LogP contribution in [0.15, 0.2) is 18.6 Å². The molecule has 0 amide bonds. The Kier molecular flexibility index (Phi) is 3.22. The summed E-state index contributed by atoms with van der Waals surface area (Å²) in [5.74, 6) is 0.785. The van der Waals surface area contributed by atoms with Crippen molar-refractivity contribution >= 4 is 11.5 Å². The molecule has 2 rings (SSSR count). The lowest BCUT2D eigenvalue weighted by atomic mass is 10.3. The topological polar surface area (TPSA) is 81.7 Å². The van der Waals surface area contributed by atoms with E-state index in [1.54, 1.807) is 23.3 Å². The van der Waals surface area contributed by atoms with Crippen LogP contribution in [0.4, 0.5) is 11.5 Å². The zero-order chi connectivity index (χ0) is 12.3. The molecular formula is C11H16N6. The van der Waals surface area contributed by atoms with Gasteiger partial charge in [0.25, 0.3) is 0 Å². The maximum Gasteiger partial charge on any atom is 0.144 e. The van der Waals surface area contributed by atoms with E-state index in [-0.39, 0.29) is 0 Å². The van der Waals surface area contributed by atoms with E-state index in [4.69, 9.17) is 5.73 Å². The van der Waals surface area contributed by atoms with Crippen molar-refractivity contribution in [3.8, 4) is 0 Å². The molecule has 3 N–H and O–H groups in total. The van der Waals surface area contributed by atoms with Gasteiger partial charge in [-0.2, -0.15) is 5.10 Å². The Bertz CT molecular complexity index is 504. The molecule has 0 spiro atoms. The highest BCUT2D eigenvalue weighted by atomic mass is 15.3. The van der Waals surface area contributed by atoms with Gasteiger partial charge in [0, 0.05) is 12.7 Å². The van der Waals surface area contributed by atoms with Crippen LogP contribution in [-0.4, -0.2) is 26.3 Å². The number of nitrogens with zero attached hydrogens (tertiary/aromatic N) is 4. The Morgan fingerprint density at radius 2 is 2.12 bits per heavy atom. The SMILES string of the molecule is Cc1ncc(NCCn2cc(N)cn2)nc1C. The summed E-state index contributed by atoms with van der Waals surface area (Å²) in [5.41, 5.74) is 8.15. The number of hydrogen-bond donors (Lipinski definition) is 2. The van der Waals surface area contributed by atoms with Crippen LogP contribution in [-0.2, 0) is 6.54 Å². The second kappa shape index (κ2) is 4.82. The van der Waals surface area contributed by atoms with Gasteiger partial charge in [0.2, 0.25) is 0 Å². The minimum absolute atomic E-state index is 0.677. The summed E-state index contributed by atoms with van der Waals surface area (Å²) < 4.78 is 1.79. The Labute approximate surface area is 99.9 Å². The van der Waals surface area contributed by atoms with Crippen LogP contribution in [0.3, 0.4) is 0 Å². The van der Waals surface area contributed by atoms with Crippen molar-refractivity contribution < 1.29 is 0 Å². The van der Waals surface area contributed by atoms with E-state index in [2.05, 4.69) is 20.4 Å². The number of nitrogens with two attached hydrogens (primary N) is 1. The van der Waals surface area contributed by atoms with Crippen molar-refractivity contribution in [3.63, 3.8) is 0 Å². The van der Waals surface area contributed by atoms with Gasteiger partial charge in [-0.15, -0.1) is 0 Å². The summed E-state index contributed by atoms with van der Waals surface area (Å²) in [6.45, 7) is 5.37. The highest BCUT2D eigenvalue weighted by molar-refractivity contribution is 5.33. The molecule has 0 saturated heterocycles. The monoisotopic (exact) mass is 232 g/mol. The van der Waals surface area contributed by atoms with E-state index in [0.29, 0.717) is 5.69 Å². The normalized spacial score (nSPS) is 10.5. The highest BCUT2D eigenvalue weighted by Crippen LogP contribution is 2.05. The van der Waals surface area contributed by atoms with E-state index in [1.165, 1.54) is 0 Å². The van der Waals surface area contributed by atoms with E-state index in [1.807, 2.05) is 13.8 Å². The molecule has 0 aliphatic rings. The lowest BCUT2D eigenvalue weighted by molar-refractivity contribution is 0.637. The molecule has 6 nitrogen and oxygen atoms in total. The maximum absolute atomic E-state index is 5.57. The zero-order valence-electron chi connectivity index (χ0n) is 10.0. The second-order valence-corrected chi connectivity index (χ2v) is 3.89. The first-order valence-electron chi connectivity index (χ1n) is 5.47. The Morgan fingerprint density at radius 3 is 2.76 bits per heavy atom. The van der Waals surface area contributed by atoms with Crippen molar-refractivity contribution in [2.24, 2.45) is 0 Å². The quantitative estimate of drug-likeness (QED) is 0.821. The predicted octanol–water partition coefficient (Wildman–Crippen LogP) is 0.984. The minimum Gasteiger partial charge on any atom is -0.396 e. The molecule has 90 valence electrons. The van der Waals surface area contributed by atoms with Crippen molar-refractivity contribution in [1.82, 2.24) is 19.7 Å². The summed E-state index contributed by atoms with van der Waals surface area (Å²) in [5, 5.41) is 7.29. The van der Waals surface area contributed by atoms with Gasteiger partial charge in [0.1, 0.15) is 5.82 Å². The van der Waals surface area contributed by atoms with Crippen molar-refractivity contribution in [1.29, 1.82) is 0 Å². The molecule has 0 unspecified atom stereocenters. The lowest BCUT2D eigenvalue weighted by Gasteiger charge is -2.07. The van der Waals surface area contributed by atoms with E-state index in [9.17, 15) is 0 Å². The van der Waals surface area contributed by atoms with Crippen LogP contribution >= 0.6 is 0 Å². The van der Waals surface area contributed by atoms with Crippen LogP contribution in [0.25, 0.3) is 0 Å². The lowest BCUT2D eigenvalue weighted by Crippen LogP contribution is -2.12. The third kappa shape index (κ3) is 2.93. The second-order valence-electron chi connectivity index (χ2n) is 3.89. The number of rotatable bonds is 4. The van der Waals surface area contributed by atoms with Crippen molar-refractivity contribution in [2.75, 3.05) is 17.6 Å². The molecule has 0 aliphatic carbocycles. The van der Waals surface area contributed by atoms with Gasteiger partial charge in [0.05, 0.1) is 36.0 Å². The number of aromatic nitrogens is 4. The van der Waals surface area contributed by atoms with E-state index < -0.39 is 0 Å². The predicted molar refractivity (Wildman–Crippen MR) is 66.6 cm³/mol. The molecule has 0 radical (unpaired) electrons. The van der Waals surface area contributed by atoms with Gasteiger partial charge in [-0.3, -0.25) is 9.67 Å². The number of hydrogen-bond acceptors (Lipinski definition) is 5. The number of aryl methyl sites for hydroxylation is 2. The van der Waals surface area contributed by atoms with Gasteiger partial charge < -0.3 is 11.1 Å². The van der Waals surface area contributed by atoms with Crippen LogP contribution in [0, 0.1) is 13.8 Å². The summed E-state index contributed by atoms with van der Waals surface area (Å²) in [6.07, 6.45) is 5.17. The fourth-order valence-corrected chi connectivity index (χ4v) is 1.43. The van der Waals surface area contributed by atoms with Crippen molar-refractivity contribution in [2.45, 2.75) is 20.4 Å². The molecule has 0 fully saturated rings. The number of anilines is 2. The molecule has 2 heterocycles. The maximum atomic E-state index is 5.57. The molecule has 0 aromatic carbocycles. The average molecular weight is 232 g/mol. The molecule has 6 heteroatoms.